The lowest BCUT2D eigenvalue weighted by molar-refractivity contribution is 0.429. The van der Waals surface area contributed by atoms with E-state index < -0.39 is 5.63 Å². The summed E-state index contributed by atoms with van der Waals surface area (Å²) in [4.78, 5) is 16.3. The molecule has 4 aromatic rings. The van der Waals surface area contributed by atoms with Gasteiger partial charge in [0, 0.05) is 10.9 Å². The number of aromatic nitrogens is 2. The summed E-state index contributed by atoms with van der Waals surface area (Å²) in [6.45, 7) is 0. The van der Waals surface area contributed by atoms with Crippen LogP contribution in [0, 0.1) is 0 Å². The first-order valence-electron chi connectivity index (χ1n) is 6.87. The number of rotatable bonds is 2. The molecule has 0 atom stereocenters. The van der Waals surface area contributed by atoms with E-state index in [4.69, 9.17) is 8.94 Å². The summed E-state index contributed by atoms with van der Waals surface area (Å²) in [7, 11) is 0. The third-order valence-corrected chi connectivity index (χ3v) is 3.40. The van der Waals surface area contributed by atoms with Crippen molar-refractivity contribution in [2.24, 2.45) is 0 Å². The largest absolute Gasteiger partial charge is 0.508 e. The van der Waals surface area contributed by atoms with Gasteiger partial charge in [-0.2, -0.15) is 4.98 Å². The topological polar surface area (TPSA) is 89.4 Å². The summed E-state index contributed by atoms with van der Waals surface area (Å²) >= 11 is 0. The number of phenolic OH excluding ortho intramolecular Hbond substituents is 1. The minimum atomic E-state index is -0.577. The van der Waals surface area contributed by atoms with Crippen LogP contribution >= 0.6 is 0 Å². The molecule has 23 heavy (non-hydrogen) atoms. The lowest BCUT2D eigenvalue weighted by Crippen LogP contribution is -2.02. The summed E-state index contributed by atoms with van der Waals surface area (Å²) < 4.78 is 10.4. The van der Waals surface area contributed by atoms with Gasteiger partial charge in [-0.25, -0.2) is 4.79 Å². The highest BCUT2D eigenvalue weighted by Crippen LogP contribution is 2.24. The SMILES string of the molecule is O=c1oc2ccc(O)cc2cc1-c1nc(-c2ccccc2)no1. The molecule has 2 aromatic heterocycles. The predicted octanol–water partition coefficient (Wildman–Crippen LogP) is 3.22. The highest BCUT2D eigenvalue weighted by atomic mass is 16.5. The molecule has 0 fully saturated rings. The first-order valence-corrected chi connectivity index (χ1v) is 6.87. The average Bonchev–Trinajstić information content (AvgIpc) is 3.05. The molecule has 112 valence electrons. The molecule has 0 saturated heterocycles. The first-order chi connectivity index (χ1) is 11.2. The summed E-state index contributed by atoms with van der Waals surface area (Å²) in [5.41, 5.74) is 0.730. The Morgan fingerprint density at radius 3 is 2.65 bits per heavy atom. The van der Waals surface area contributed by atoms with Gasteiger partial charge in [-0.1, -0.05) is 35.5 Å². The fraction of sp³-hybridized carbons (Fsp3) is 0. The summed E-state index contributed by atoms with van der Waals surface area (Å²) in [6.07, 6.45) is 0. The maximum Gasteiger partial charge on any atom is 0.349 e. The van der Waals surface area contributed by atoms with Gasteiger partial charge in [0.05, 0.1) is 0 Å². The minimum absolute atomic E-state index is 0.0721. The van der Waals surface area contributed by atoms with Crippen LogP contribution in [-0.2, 0) is 0 Å². The van der Waals surface area contributed by atoms with E-state index in [2.05, 4.69) is 10.1 Å². The maximum atomic E-state index is 12.1. The second-order valence-electron chi connectivity index (χ2n) is 4.96. The second-order valence-corrected chi connectivity index (χ2v) is 4.96. The van der Waals surface area contributed by atoms with Crippen LogP contribution in [0.25, 0.3) is 33.8 Å². The molecule has 0 spiro atoms. The first kappa shape index (κ1) is 13.3. The summed E-state index contributed by atoms with van der Waals surface area (Å²) in [6, 6.07) is 15.3. The number of benzene rings is 2. The number of fused-ring (bicyclic) bond motifs is 1. The Kier molecular flexibility index (Phi) is 2.94. The zero-order valence-corrected chi connectivity index (χ0v) is 11.8. The molecule has 0 unspecified atom stereocenters. The Morgan fingerprint density at radius 1 is 1.00 bits per heavy atom. The van der Waals surface area contributed by atoms with E-state index in [0.29, 0.717) is 16.8 Å². The third-order valence-electron chi connectivity index (χ3n) is 3.40. The second kappa shape index (κ2) is 5.10. The number of hydrogen-bond acceptors (Lipinski definition) is 6. The third kappa shape index (κ3) is 2.36. The van der Waals surface area contributed by atoms with Crippen LogP contribution in [0.5, 0.6) is 5.75 Å². The molecule has 2 aromatic carbocycles. The van der Waals surface area contributed by atoms with E-state index in [1.807, 2.05) is 30.3 Å². The molecule has 6 nitrogen and oxygen atoms in total. The summed E-state index contributed by atoms with van der Waals surface area (Å²) in [5.74, 6) is 0.534. The Labute approximate surface area is 129 Å². The average molecular weight is 306 g/mol. The molecule has 0 aliphatic carbocycles. The van der Waals surface area contributed by atoms with Crippen molar-refractivity contribution in [3.63, 3.8) is 0 Å². The van der Waals surface area contributed by atoms with Crippen molar-refractivity contribution in [1.82, 2.24) is 10.1 Å². The number of phenols is 1. The molecule has 0 aliphatic rings. The van der Waals surface area contributed by atoms with Crippen molar-refractivity contribution < 1.29 is 14.0 Å². The van der Waals surface area contributed by atoms with E-state index in [9.17, 15) is 9.90 Å². The Hall–Kier alpha value is -3.41. The lowest BCUT2D eigenvalue weighted by Gasteiger charge is -1.99. The van der Waals surface area contributed by atoms with Crippen molar-refractivity contribution in [1.29, 1.82) is 0 Å². The zero-order valence-electron chi connectivity index (χ0n) is 11.8. The highest BCUT2D eigenvalue weighted by molar-refractivity contribution is 5.81. The van der Waals surface area contributed by atoms with Crippen LogP contribution in [0.3, 0.4) is 0 Å². The fourth-order valence-corrected chi connectivity index (χ4v) is 2.30. The van der Waals surface area contributed by atoms with Gasteiger partial charge in [-0.05, 0) is 24.3 Å². The fourth-order valence-electron chi connectivity index (χ4n) is 2.30. The van der Waals surface area contributed by atoms with Crippen molar-refractivity contribution in [2.75, 3.05) is 0 Å². The lowest BCUT2D eigenvalue weighted by atomic mass is 10.1. The van der Waals surface area contributed by atoms with Crippen LogP contribution in [0.15, 0.2) is 68.3 Å². The van der Waals surface area contributed by atoms with Crippen molar-refractivity contribution in [3.8, 4) is 28.6 Å². The highest BCUT2D eigenvalue weighted by Gasteiger charge is 2.16. The minimum Gasteiger partial charge on any atom is -0.508 e. The van der Waals surface area contributed by atoms with Crippen molar-refractivity contribution in [3.05, 3.63) is 65.0 Å². The predicted molar refractivity (Wildman–Crippen MR) is 82.9 cm³/mol. The number of hydrogen-bond donors (Lipinski definition) is 1. The van der Waals surface area contributed by atoms with E-state index >= 15 is 0 Å². The van der Waals surface area contributed by atoms with Gasteiger partial charge in [0.25, 0.3) is 5.89 Å². The van der Waals surface area contributed by atoms with Crippen molar-refractivity contribution in [2.45, 2.75) is 0 Å². The molecule has 0 aliphatic heterocycles. The van der Waals surface area contributed by atoms with Crippen LogP contribution in [0.4, 0.5) is 0 Å². The summed E-state index contributed by atoms with van der Waals surface area (Å²) in [5, 5.41) is 14.0. The van der Waals surface area contributed by atoms with Gasteiger partial charge in [0.15, 0.2) is 0 Å². The van der Waals surface area contributed by atoms with Gasteiger partial charge < -0.3 is 14.0 Å². The molecule has 1 N–H and O–H groups in total. The van der Waals surface area contributed by atoms with E-state index in [-0.39, 0.29) is 17.2 Å². The van der Waals surface area contributed by atoms with Crippen LogP contribution in [-0.4, -0.2) is 15.2 Å². The molecular formula is C17H10N2O4. The maximum absolute atomic E-state index is 12.1. The van der Waals surface area contributed by atoms with Gasteiger partial charge in [0.1, 0.15) is 16.9 Å². The monoisotopic (exact) mass is 306 g/mol. The van der Waals surface area contributed by atoms with Gasteiger partial charge >= 0.3 is 5.63 Å². The van der Waals surface area contributed by atoms with Crippen molar-refractivity contribution >= 4 is 11.0 Å². The Bertz CT molecular complexity index is 1050. The van der Waals surface area contributed by atoms with Gasteiger partial charge in [0.2, 0.25) is 5.82 Å². The molecule has 4 rings (SSSR count). The quantitative estimate of drug-likeness (QED) is 0.572. The molecule has 0 amide bonds. The molecule has 0 bridgehead atoms. The van der Waals surface area contributed by atoms with Gasteiger partial charge in [-0.15, -0.1) is 0 Å². The molecule has 0 saturated carbocycles. The van der Waals surface area contributed by atoms with E-state index in [1.54, 1.807) is 6.07 Å². The number of nitrogens with zero attached hydrogens (tertiary/aromatic N) is 2. The number of aromatic hydroxyl groups is 1. The van der Waals surface area contributed by atoms with Crippen LogP contribution < -0.4 is 5.63 Å². The van der Waals surface area contributed by atoms with E-state index in [0.717, 1.165) is 5.56 Å². The Morgan fingerprint density at radius 2 is 1.83 bits per heavy atom. The van der Waals surface area contributed by atoms with E-state index in [1.165, 1.54) is 18.2 Å². The Balaban J connectivity index is 1.85. The molecule has 0 radical (unpaired) electrons. The molecular weight excluding hydrogens is 296 g/mol. The standard InChI is InChI=1S/C17H10N2O4/c20-12-6-7-14-11(8-12)9-13(17(21)22-14)16-18-15(19-23-16)10-4-2-1-3-5-10/h1-9,20H. The van der Waals surface area contributed by atoms with Crippen LogP contribution in [0.2, 0.25) is 0 Å². The van der Waals surface area contributed by atoms with Crippen LogP contribution in [0.1, 0.15) is 0 Å². The normalized spacial score (nSPS) is 11.0. The smallest absolute Gasteiger partial charge is 0.349 e. The zero-order chi connectivity index (χ0) is 15.8. The molecule has 2 heterocycles. The van der Waals surface area contributed by atoms with Gasteiger partial charge in [-0.3, -0.25) is 0 Å². The molecule has 6 heteroatoms.